The molecule has 6 nitrogen and oxygen atoms in total. The van der Waals surface area contributed by atoms with E-state index < -0.39 is 0 Å². The number of rotatable bonds is 6. The Morgan fingerprint density at radius 2 is 1.81 bits per heavy atom. The van der Waals surface area contributed by atoms with Crippen LogP contribution in [0, 0.1) is 0 Å². The highest BCUT2D eigenvalue weighted by Crippen LogP contribution is 2.30. The zero-order chi connectivity index (χ0) is 15.2. The Morgan fingerprint density at radius 3 is 2.38 bits per heavy atom. The molecule has 1 aromatic carbocycles. The number of hydrazine groups is 1. The zero-order valence-electron chi connectivity index (χ0n) is 12.2. The van der Waals surface area contributed by atoms with Crippen molar-refractivity contribution in [2.45, 2.75) is 25.8 Å². The average molecular weight is 287 g/mol. The number of aliphatic hydroxyl groups is 1. The average Bonchev–Trinajstić information content (AvgIpc) is 2.52. The summed E-state index contributed by atoms with van der Waals surface area (Å²) in [6.45, 7) is 4.05. The number of aliphatic hydroxyl groups excluding tert-OH is 1. The highest BCUT2D eigenvalue weighted by atomic mass is 16.3. The maximum atomic E-state index is 9.65. The molecule has 0 aliphatic heterocycles. The summed E-state index contributed by atoms with van der Waals surface area (Å²) in [6.07, 6.45) is 1.45. The van der Waals surface area contributed by atoms with Crippen LogP contribution in [-0.4, -0.2) is 21.7 Å². The lowest BCUT2D eigenvalue weighted by molar-refractivity contribution is 0.276. The number of anilines is 2. The molecule has 2 rings (SSSR count). The summed E-state index contributed by atoms with van der Waals surface area (Å²) in [5.74, 6) is 6.97. The Bertz CT molecular complexity index is 574. The molecule has 6 heteroatoms. The van der Waals surface area contributed by atoms with E-state index in [4.69, 9.17) is 5.84 Å². The predicted molar refractivity (Wildman–Crippen MR) is 83.8 cm³/mol. The first-order valence-electron chi connectivity index (χ1n) is 6.91. The Labute approximate surface area is 124 Å². The molecule has 0 bridgehead atoms. The van der Waals surface area contributed by atoms with Crippen molar-refractivity contribution in [1.29, 1.82) is 0 Å². The smallest absolute Gasteiger partial charge is 0.148 e. The summed E-state index contributed by atoms with van der Waals surface area (Å²) in [5.41, 5.74) is 4.49. The van der Waals surface area contributed by atoms with Gasteiger partial charge in [0.1, 0.15) is 18.0 Å². The first-order valence-corrected chi connectivity index (χ1v) is 6.91. The fourth-order valence-electron chi connectivity index (χ4n) is 2.26. The van der Waals surface area contributed by atoms with Crippen LogP contribution in [0.4, 0.5) is 11.6 Å². The third-order valence-corrected chi connectivity index (χ3v) is 3.29. The van der Waals surface area contributed by atoms with Gasteiger partial charge in [0, 0.05) is 5.56 Å². The summed E-state index contributed by atoms with van der Waals surface area (Å²) in [7, 11) is 0. The van der Waals surface area contributed by atoms with E-state index in [2.05, 4.69) is 20.7 Å². The lowest BCUT2D eigenvalue weighted by Gasteiger charge is -2.21. The molecule has 112 valence electrons. The minimum Gasteiger partial charge on any atom is -0.394 e. The van der Waals surface area contributed by atoms with Crippen LogP contribution in [0.1, 0.15) is 36.9 Å². The number of benzene rings is 1. The summed E-state index contributed by atoms with van der Waals surface area (Å²) in [5, 5.41) is 12.9. The van der Waals surface area contributed by atoms with Crippen molar-refractivity contribution in [2.75, 3.05) is 17.3 Å². The van der Waals surface area contributed by atoms with Crippen molar-refractivity contribution in [3.63, 3.8) is 0 Å². The Balaban J connectivity index is 2.34. The second-order valence-corrected chi connectivity index (χ2v) is 5.07. The van der Waals surface area contributed by atoms with E-state index in [0.29, 0.717) is 11.6 Å². The Kier molecular flexibility index (Phi) is 5.08. The Hall–Kier alpha value is -2.18. The first kappa shape index (κ1) is 15.2. The van der Waals surface area contributed by atoms with Gasteiger partial charge < -0.3 is 15.8 Å². The van der Waals surface area contributed by atoms with Crippen LogP contribution in [0.5, 0.6) is 0 Å². The maximum Gasteiger partial charge on any atom is 0.148 e. The molecule has 2 aromatic rings. The van der Waals surface area contributed by atoms with Gasteiger partial charge in [-0.2, -0.15) is 0 Å². The minimum absolute atomic E-state index is 0.0308. The van der Waals surface area contributed by atoms with Crippen LogP contribution in [0.2, 0.25) is 0 Å². The normalized spacial score (nSPS) is 12.2. The van der Waals surface area contributed by atoms with Gasteiger partial charge in [0.2, 0.25) is 0 Å². The molecule has 1 heterocycles. The molecule has 1 atom stereocenters. The van der Waals surface area contributed by atoms with Crippen LogP contribution in [0.25, 0.3) is 0 Å². The van der Waals surface area contributed by atoms with Crippen molar-refractivity contribution in [1.82, 2.24) is 9.97 Å². The second kappa shape index (κ2) is 7.01. The van der Waals surface area contributed by atoms with E-state index in [0.717, 1.165) is 11.1 Å². The van der Waals surface area contributed by atoms with Gasteiger partial charge in [-0.3, -0.25) is 0 Å². The molecule has 0 aliphatic carbocycles. The number of hydrogen-bond donors (Lipinski definition) is 4. The van der Waals surface area contributed by atoms with Crippen LogP contribution in [0.3, 0.4) is 0 Å². The molecular weight excluding hydrogens is 266 g/mol. The lowest BCUT2D eigenvalue weighted by atomic mass is 10.0. The summed E-state index contributed by atoms with van der Waals surface area (Å²) >= 11 is 0. The largest absolute Gasteiger partial charge is 0.394 e. The van der Waals surface area contributed by atoms with Gasteiger partial charge in [-0.15, -0.1) is 0 Å². The van der Waals surface area contributed by atoms with Gasteiger partial charge in [0.05, 0.1) is 12.6 Å². The number of aromatic nitrogens is 2. The SMILES string of the molecule is CC(C)c1c(NN)ncnc1NC(CO)c1ccccc1. The number of nitrogens with two attached hydrogens (primary N) is 1. The molecule has 0 radical (unpaired) electrons. The fourth-order valence-corrected chi connectivity index (χ4v) is 2.26. The zero-order valence-corrected chi connectivity index (χ0v) is 12.2. The number of nitrogen functional groups attached to an aromatic ring is 1. The third kappa shape index (κ3) is 3.48. The van der Waals surface area contributed by atoms with Gasteiger partial charge in [0.15, 0.2) is 0 Å². The first-order chi connectivity index (χ1) is 10.2. The second-order valence-electron chi connectivity index (χ2n) is 5.07. The highest BCUT2D eigenvalue weighted by molar-refractivity contribution is 5.59. The molecule has 0 saturated carbocycles. The lowest BCUT2D eigenvalue weighted by Crippen LogP contribution is -2.19. The molecule has 0 spiro atoms. The van der Waals surface area contributed by atoms with Crippen LogP contribution >= 0.6 is 0 Å². The molecular formula is C15H21N5O. The van der Waals surface area contributed by atoms with Crippen molar-refractivity contribution in [3.8, 4) is 0 Å². The summed E-state index contributed by atoms with van der Waals surface area (Å²) in [4.78, 5) is 8.43. The Morgan fingerprint density at radius 1 is 1.14 bits per heavy atom. The van der Waals surface area contributed by atoms with E-state index in [-0.39, 0.29) is 18.6 Å². The molecule has 0 amide bonds. The van der Waals surface area contributed by atoms with E-state index in [1.165, 1.54) is 6.33 Å². The van der Waals surface area contributed by atoms with Crippen LogP contribution < -0.4 is 16.6 Å². The van der Waals surface area contributed by atoms with Gasteiger partial charge in [-0.05, 0) is 11.5 Å². The van der Waals surface area contributed by atoms with Gasteiger partial charge in [-0.25, -0.2) is 15.8 Å². The molecule has 0 saturated heterocycles. The molecule has 0 aliphatic rings. The molecule has 1 aromatic heterocycles. The predicted octanol–water partition coefficient (Wildman–Crippen LogP) is 2.03. The number of hydrogen-bond acceptors (Lipinski definition) is 6. The monoisotopic (exact) mass is 287 g/mol. The van der Waals surface area contributed by atoms with Gasteiger partial charge in [0.25, 0.3) is 0 Å². The van der Waals surface area contributed by atoms with Gasteiger partial charge in [-0.1, -0.05) is 44.2 Å². The molecule has 21 heavy (non-hydrogen) atoms. The summed E-state index contributed by atoms with van der Waals surface area (Å²) in [6, 6.07) is 9.52. The molecule has 0 fully saturated rings. The molecule has 5 N–H and O–H groups in total. The minimum atomic E-state index is -0.232. The van der Waals surface area contributed by atoms with Crippen LogP contribution in [0.15, 0.2) is 36.7 Å². The standard InChI is InChI=1S/C15H21N5O/c1-10(2)13-14(17-9-18-15(13)20-16)19-12(8-21)11-6-4-3-5-7-11/h3-7,9-10,12,21H,8,16H2,1-2H3,(H2,17,18,19,20). The van der Waals surface area contributed by atoms with E-state index in [1.807, 2.05) is 44.2 Å². The fraction of sp³-hybridized carbons (Fsp3) is 0.333. The van der Waals surface area contributed by atoms with E-state index in [9.17, 15) is 5.11 Å². The quantitative estimate of drug-likeness (QED) is 0.479. The van der Waals surface area contributed by atoms with Gasteiger partial charge >= 0.3 is 0 Å². The van der Waals surface area contributed by atoms with E-state index >= 15 is 0 Å². The topological polar surface area (TPSA) is 96.1 Å². The molecule has 1 unspecified atom stereocenters. The van der Waals surface area contributed by atoms with Crippen molar-refractivity contribution >= 4 is 11.6 Å². The number of nitrogens with zero attached hydrogens (tertiary/aromatic N) is 2. The van der Waals surface area contributed by atoms with Crippen molar-refractivity contribution < 1.29 is 5.11 Å². The summed E-state index contributed by atoms with van der Waals surface area (Å²) < 4.78 is 0. The van der Waals surface area contributed by atoms with Crippen molar-refractivity contribution in [2.24, 2.45) is 5.84 Å². The van der Waals surface area contributed by atoms with E-state index in [1.54, 1.807) is 0 Å². The number of nitrogens with one attached hydrogen (secondary N) is 2. The maximum absolute atomic E-state index is 9.65. The third-order valence-electron chi connectivity index (χ3n) is 3.29. The highest BCUT2D eigenvalue weighted by Gasteiger charge is 2.18. The van der Waals surface area contributed by atoms with Crippen molar-refractivity contribution in [3.05, 3.63) is 47.8 Å². The van der Waals surface area contributed by atoms with Crippen LogP contribution in [-0.2, 0) is 0 Å².